The molecule has 2 aromatic rings. The van der Waals surface area contributed by atoms with Gasteiger partial charge in [-0.05, 0) is 31.5 Å². The monoisotopic (exact) mass is 361 g/mol. The summed E-state index contributed by atoms with van der Waals surface area (Å²) < 4.78 is 10.4. The van der Waals surface area contributed by atoms with Crippen LogP contribution in [0.4, 0.5) is 5.00 Å². The first-order valence-corrected chi connectivity index (χ1v) is 8.66. The molecular weight excluding hydrogens is 342 g/mol. The molecule has 0 bridgehead atoms. The van der Waals surface area contributed by atoms with Crippen molar-refractivity contribution in [1.29, 1.82) is 0 Å². The van der Waals surface area contributed by atoms with Gasteiger partial charge in [-0.2, -0.15) is 0 Å². The van der Waals surface area contributed by atoms with Gasteiger partial charge < -0.3 is 14.8 Å². The van der Waals surface area contributed by atoms with Crippen molar-refractivity contribution in [3.63, 3.8) is 0 Å². The van der Waals surface area contributed by atoms with E-state index in [1.807, 2.05) is 6.92 Å². The molecule has 132 valence electrons. The number of carbonyl (C=O) groups is 3. The number of ether oxygens (including phenoxy) is 2. The fraction of sp³-hybridized carbons (Fsp3) is 0.278. The highest BCUT2D eigenvalue weighted by Crippen LogP contribution is 2.29. The van der Waals surface area contributed by atoms with Crippen LogP contribution >= 0.6 is 11.3 Å². The lowest BCUT2D eigenvalue weighted by Gasteiger charge is -2.08. The van der Waals surface area contributed by atoms with E-state index in [1.165, 1.54) is 11.3 Å². The lowest BCUT2D eigenvalue weighted by Crippen LogP contribution is -2.21. The Labute approximate surface area is 149 Å². The highest BCUT2D eigenvalue weighted by molar-refractivity contribution is 7.16. The predicted octanol–water partition coefficient (Wildman–Crippen LogP) is 3.32. The Morgan fingerprint density at radius 2 is 2.04 bits per heavy atom. The molecule has 0 saturated carbocycles. The lowest BCUT2D eigenvalue weighted by atomic mass is 10.2. The van der Waals surface area contributed by atoms with Crippen molar-refractivity contribution in [3.8, 4) is 5.75 Å². The first-order valence-electron chi connectivity index (χ1n) is 7.85. The van der Waals surface area contributed by atoms with Crippen LogP contribution in [-0.4, -0.2) is 31.4 Å². The van der Waals surface area contributed by atoms with E-state index < -0.39 is 11.9 Å². The van der Waals surface area contributed by atoms with Crippen molar-refractivity contribution in [3.05, 3.63) is 46.3 Å². The van der Waals surface area contributed by atoms with E-state index in [1.54, 1.807) is 37.3 Å². The summed E-state index contributed by atoms with van der Waals surface area (Å²) in [6, 6.07) is 8.24. The number of hydrogen-bond acceptors (Lipinski definition) is 6. The Balaban J connectivity index is 2.03. The van der Waals surface area contributed by atoms with Crippen LogP contribution in [0.3, 0.4) is 0 Å². The number of benzene rings is 1. The van der Waals surface area contributed by atoms with Crippen molar-refractivity contribution >= 4 is 34.5 Å². The largest absolute Gasteiger partial charge is 0.484 e. The van der Waals surface area contributed by atoms with Crippen LogP contribution in [0.25, 0.3) is 0 Å². The number of hydrogen-bond donors (Lipinski definition) is 1. The average Bonchev–Trinajstić information content (AvgIpc) is 3.03. The molecule has 2 rings (SSSR count). The molecule has 1 amide bonds. The number of carbonyl (C=O) groups excluding carboxylic acids is 3. The third-order valence-corrected chi connectivity index (χ3v) is 4.44. The van der Waals surface area contributed by atoms with Gasteiger partial charge in [0.05, 0.1) is 12.2 Å². The minimum atomic E-state index is -0.464. The fourth-order valence-electron chi connectivity index (χ4n) is 2.06. The molecule has 7 heteroatoms. The highest BCUT2D eigenvalue weighted by atomic mass is 32.1. The zero-order valence-corrected chi connectivity index (χ0v) is 14.9. The van der Waals surface area contributed by atoms with E-state index in [9.17, 15) is 14.4 Å². The molecule has 0 unspecified atom stereocenters. The number of rotatable bonds is 8. The summed E-state index contributed by atoms with van der Waals surface area (Å²) in [5.41, 5.74) is 0.813. The molecule has 0 atom stereocenters. The minimum absolute atomic E-state index is 0.232. The minimum Gasteiger partial charge on any atom is -0.484 e. The van der Waals surface area contributed by atoms with Crippen LogP contribution in [-0.2, 0) is 16.0 Å². The molecular formula is C18H19NO5S. The number of aldehydes is 1. The number of amides is 1. The van der Waals surface area contributed by atoms with Crippen LogP contribution in [0.2, 0.25) is 0 Å². The molecule has 0 radical (unpaired) electrons. The van der Waals surface area contributed by atoms with Crippen LogP contribution in [0.1, 0.15) is 39.4 Å². The predicted molar refractivity (Wildman–Crippen MR) is 95.6 cm³/mol. The Bertz CT molecular complexity index is 769. The Kier molecular flexibility index (Phi) is 6.71. The van der Waals surface area contributed by atoms with Crippen molar-refractivity contribution in [2.24, 2.45) is 0 Å². The summed E-state index contributed by atoms with van der Waals surface area (Å²) in [6.07, 6.45) is 1.46. The lowest BCUT2D eigenvalue weighted by molar-refractivity contribution is -0.118. The summed E-state index contributed by atoms with van der Waals surface area (Å²) in [5.74, 6) is -0.439. The molecule has 0 fully saturated rings. The van der Waals surface area contributed by atoms with Gasteiger partial charge in [-0.3, -0.25) is 9.59 Å². The molecule has 1 aromatic carbocycles. The van der Waals surface area contributed by atoms with Gasteiger partial charge in [0.1, 0.15) is 17.0 Å². The summed E-state index contributed by atoms with van der Waals surface area (Å²) in [6.45, 7) is 3.73. The standard InChI is InChI=1S/C18H19NO5S/c1-3-14-9-15(18(22)23-4-2)17(25-14)19-16(21)11-24-13-7-5-6-12(8-13)10-20/h5-10H,3-4,11H2,1-2H3,(H,19,21). The topological polar surface area (TPSA) is 81.7 Å². The maximum Gasteiger partial charge on any atom is 0.341 e. The van der Waals surface area contributed by atoms with Crippen LogP contribution in [0, 0.1) is 0 Å². The average molecular weight is 361 g/mol. The van der Waals surface area contributed by atoms with Crippen molar-refractivity contribution in [1.82, 2.24) is 0 Å². The van der Waals surface area contributed by atoms with Gasteiger partial charge >= 0.3 is 5.97 Å². The Morgan fingerprint density at radius 1 is 1.24 bits per heavy atom. The summed E-state index contributed by atoms with van der Waals surface area (Å²) in [5, 5.41) is 3.14. The second-order valence-corrected chi connectivity index (χ2v) is 6.19. The van der Waals surface area contributed by atoms with E-state index in [4.69, 9.17) is 9.47 Å². The van der Waals surface area contributed by atoms with Crippen LogP contribution < -0.4 is 10.1 Å². The number of thiophene rings is 1. The maximum atomic E-state index is 12.1. The summed E-state index contributed by atoms with van der Waals surface area (Å²) in [7, 11) is 0. The molecule has 1 heterocycles. The molecule has 0 aliphatic rings. The third-order valence-electron chi connectivity index (χ3n) is 3.24. The molecule has 1 N–H and O–H groups in total. The highest BCUT2D eigenvalue weighted by Gasteiger charge is 2.18. The van der Waals surface area contributed by atoms with Gasteiger partial charge in [-0.25, -0.2) is 4.79 Å². The van der Waals surface area contributed by atoms with Gasteiger partial charge in [-0.15, -0.1) is 11.3 Å². The van der Waals surface area contributed by atoms with Crippen LogP contribution in [0.5, 0.6) is 5.75 Å². The molecule has 0 saturated heterocycles. The number of anilines is 1. The molecule has 6 nitrogen and oxygen atoms in total. The molecule has 0 spiro atoms. The number of nitrogens with one attached hydrogen (secondary N) is 1. The maximum absolute atomic E-state index is 12.1. The first kappa shape index (κ1) is 18.7. The molecule has 0 aliphatic carbocycles. The molecule has 25 heavy (non-hydrogen) atoms. The van der Waals surface area contributed by atoms with E-state index in [0.717, 1.165) is 11.3 Å². The second kappa shape index (κ2) is 8.98. The Morgan fingerprint density at radius 3 is 2.72 bits per heavy atom. The van der Waals surface area contributed by atoms with E-state index >= 15 is 0 Å². The number of aryl methyl sites for hydroxylation is 1. The smallest absolute Gasteiger partial charge is 0.341 e. The van der Waals surface area contributed by atoms with E-state index in [2.05, 4.69) is 5.32 Å². The van der Waals surface area contributed by atoms with Crippen molar-refractivity contribution in [2.75, 3.05) is 18.5 Å². The molecule has 1 aromatic heterocycles. The zero-order valence-electron chi connectivity index (χ0n) is 14.0. The first-order chi connectivity index (χ1) is 12.1. The van der Waals surface area contributed by atoms with E-state index in [-0.39, 0.29) is 13.2 Å². The zero-order chi connectivity index (χ0) is 18.2. The Hall–Kier alpha value is -2.67. The van der Waals surface area contributed by atoms with Gasteiger partial charge in [0, 0.05) is 10.4 Å². The van der Waals surface area contributed by atoms with E-state index in [0.29, 0.717) is 28.2 Å². The van der Waals surface area contributed by atoms with Gasteiger partial charge in [0.15, 0.2) is 6.61 Å². The third kappa shape index (κ3) is 5.15. The number of esters is 1. The SMILES string of the molecule is CCOC(=O)c1cc(CC)sc1NC(=O)COc1cccc(C=O)c1. The summed E-state index contributed by atoms with van der Waals surface area (Å²) >= 11 is 1.34. The van der Waals surface area contributed by atoms with Crippen LogP contribution in [0.15, 0.2) is 30.3 Å². The molecule has 0 aliphatic heterocycles. The quantitative estimate of drug-likeness (QED) is 0.576. The summed E-state index contributed by atoms with van der Waals surface area (Å²) in [4.78, 5) is 35.8. The van der Waals surface area contributed by atoms with Gasteiger partial charge in [0.25, 0.3) is 5.91 Å². The normalized spacial score (nSPS) is 10.2. The second-order valence-electron chi connectivity index (χ2n) is 5.06. The van der Waals surface area contributed by atoms with Crippen molar-refractivity contribution < 1.29 is 23.9 Å². The van der Waals surface area contributed by atoms with Gasteiger partial charge in [-0.1, -0.05) is 19.1 Å². The van der Waals surface area contributed by atoms with Gasteiger partial charge in [0.2, 0.25) is 0 Å². The fourth-order valence-corrected chi connectivity index (χ4v) is 3.06. The van der Waals surface area contributed by atoms with Crippen molar-refractivity contribution in [2.45, 2.75) is 20.3 Å².